The largest absolute Gasteiger partial charge is 0.497 e. The number of para-hydroxylation sites is 1. The van der Waals surface area contributed by atoms with Crippen molar-refractivity contribution in [1.29, 1.82) is 0 Å². The van der Waals surface area contributed by atoms with Gasteiger partial charge in [0, 0.05) is 44.0 Å². The van der Waals surface area contributed by atoms with Crippen molar-refractivity contribution in [3.05, 3.63) is 65.1 Å². The van der Waals surface area contributed by atoms with E-state index in [1.807, 2.05) is 24.3 Å². The molecule has 0 aromatic heterocycles. The highest BCUT2D eigenvalue weighted by atomic mass is 31.2. The standard InChI is InChI=1S/C25H34N5OP/c1-8-30(9-2)32(27-19-14-16-20(31-7)17-15-19)23(18-26-29(32)6)24-25(3,4)21-12-10-11-13-22(21)28(24)5/h10-18H,8-9H2,1-7H3/b24-23-/t32-/m0/s1. The van der Waals surface area contributed by atoms with Crippen LogP contribution in [0.5, 0.6) is 5.75 Å². The molecule has 0 fully saturated rings. The zero-order chi connectivity index (χ0) is 23.1. The fraction of sp³-hybridized carbons (Fsp3) is 0.400. The first-order valence-corrected chi connectivity index (χ1v) is 12.8. The van der Waals surface area contributed by atoms with E-state index in [4.69, 9.17) is 14.6 Å². The average molecular weight is 452 g/mol. The summed E-state index contributed by atoms with van der Waals surface area (Å²) in [5, 5.41) is 6.06. The van der Waals surface area contributed by atoms with Crippen LogP contribution in [0.4, 0.5) is 11.4 Å². The summed E-state index contributed by atoms with van der Waals surface area (Å²) in [5.41, 5.74) is 4.67. The van der Waals surface area contributed by atoms with Gasteiger partial charge in [-0.3, -0.25) is 0 Å². The number of hydrazone groups is 1. The van der Waals surface area contributed by atoms with Crippen molar-refractivity contribution < 1.29 is 4.74 Å². The summed E-state index contributed by atoms with van der Waals surface area (Å²) in [6.45, 7) is 10.8. The summed E-state index contributed by atoms with van der Waals surface area (Å²) < 4.78 is 15.4. The second kappa shape index (κ2) is 8.42. The molecule has 4 rings (SSSR count). The molecule has 170 valence electrons. The molecule has 0 unspecified atom stereocenters. The topological polar surface area (TPSA) is 43.7 Å². The molecule has 2 aliphatic heterocycles. The van der Waals surface area contributed by atoms with Crippen LogP contribution in [0.3, 0.4) is 0 Å². The lowest BCUT2D eigenvalue weighted by Crippen LogP contribution is -2.30. The molecular formula is C25H34N5OP. The Bertz CT molecular complexity index is 1120. The van der Waals surface area contributed by atoms with Crippen molar-refractivity contribution in [3.8, 4) is 5.75 Å². The van der Waals surface area contributed by atoms with Crippen LogP contribution in [-0.2, 0) is 5.41 Å². The number of anilines is 1. The van der Waals surface area contributed by atoms with Gasteiger partial charge in [-0.05, 0) is 35.9 Å². The van der Waals surface area contributed by atoms with E-state index in [-0.39, 0.29) is 5.41 Å². The number of likely N-dealkylation sites (N-methyl/N-ethyl adjacent to an activating group) is 1. The van der Waals surface area contributed by atoms with Gasteiger partial charge in [-0.2, -0.15) is 5.10 Å². The Morgan fingerprint density at radius 2 is 1.69 bits per heavy atom. The van der Waals surface area contributed by atoms with Crippen LogP contribution in [0.2, 0.25) is 0 Å². The monoisotopic (exact) mass is 451 g/mol. The fourth-order valence-corrected chi connectivity index (χ4v) is 8.75. The van der Waals surface area contributed by atoms with Crippen LogP contribution < -0.4 is 9.64 Å². The van der Waals surface area contributed by atoms with Crippen molar-refractivity contribution in [2.24, 2.45) is 9.85 Å². The smallest absolute Gasteiger partial charge is 0.174 e. The lowest BCUT2D eigenvalue weighted by molar-refractivity contribution is 0.415. The molecule has 0 radical (unpaired) electrons. The van der Waals surface area contributed by atoms with Gasteiger partial charge in [0.25, 0.3) is 0 Å². The van der Waals surface area contributed by atoms with Crippen molar-refractivity contribution >= 4 is 24.9 Å². The number of rotatable bonds is 5. The molecule has 0 spiro atoms. The highest BCUT2D eigenvalue weighted by Crippen LogP contribution is 2.69. The SMILES string of the molecule is CCN(CC)[P@]1(=Nc2ccc(OC)cc2)/C(=C2\N(C)c3ccccc3C2(C)C)C=NN1C. The zero-order valence-corrected chi connectivity index (χ0v) is 21.1. The molecule has 2 aromatic rings. The Morgan fingerprint density at radius 3 is 2.28 bits per heavy atom. The summed E-state index contributed by atoms with van der Waals surface area (Å²) in [4.78, 5) is 2.34. The minimum atomic E-state index is -2.33. The predicted octanol–water partition coefficient (Wildman–Crippen LogP) is 6.27. The van der Waals surface area contributed by atoms with Crippen LogP contribution in [0, 0.1) is 0 Å². The van der Waals surface area contributed by atoms with E-state index < -0.39 is 7.36 Å². The van der Waals surface area contributed by atoms with Gasteiger partial charge in [-0.15, -0.1) is 0 Å². The second-order valence-corrected chi connectivity index (χ2v) is 11.6. The van der Waals surface area contributed by atoms with Crippen molar-refractivity contribution in [3.63, 3.8) is 0 Å². The lowest BCUT2D eigenvalue weighted by atomic mass is 9.84. The Morgan fingerprint density at radius 1 is 1.03 bits per heavy atom. The molecule has 7 heteroatoms. The molecule has 6 nitrogen and oxygen atoms in total. The van der Waals surface area contributed by atoms with E-state index in [0.29, 0.717) is 0 Å². The van der Waals surface area contributed by atoms with E-state index in [2.05, 4.69) is 86.6 Å². The molecule has 0 saturated carbocycles. The van der Waals surface area contributed by atoms with Crippen LogP contribution in [-0.4, -0.2) is 50.0 Å². The van der Waals surface area contributed by atoms with Gasteiger partial charge >= 0.3 is 0 Å². The first kappa shape index (κ1) is 22.6. The van der Waals surface area contributed by atoms with Gasteiger partial charge in [0.2, 0.25) is 0 Å². The third-order valence-electron chi connectivity index (χ3n) is 6.63. The van der Waals surface area contributed by atoms with E-state index in [9.17, 15) is 0 Å². The van der Waals surface area contributed by atoms with Crippen LogP contribution >= 0.6 is 7.36 Å². The van der Waals surface area contributed by atoms with E-state index in [1.165, 1.54) is 22.3 Å². The molecule has 32 heavy (non-hydrogen) atoms. The lowest BCUT2D eigenvalue weighted by Gasteiger charge is -2.39. The molecule has 2 aliphatic rings. The van der Waals surface area contributed by atoms with Crippen LogP contribution in [0.1, 0.15) is 33.3 Å². The molecule has 0 N–H and O–H groups in total. The summed E-state index contributed by atoms with van der Waals surface area (Å²) in [5.74, 6) is 0.834. The Hall–Kier alpha value is -2.56. The van der Waals surface area contributed by atoms with Crippen LogP contribution in [0.25, 0.3) is 0 Å². The molecule has 1 atom stereocenters. The molecule has 0 amide bonds. The predicted molar refractivity (Wildman–Crippen MR) is 136 cm³/mol. The maximum atomic E-state index is 5.47. The van der Waals surface area contributed by atoms with Crippen molar-refractivity contribution in [2.75, 3.05) is 39.2 Å². The van der Waals surface area contributed by atoms with Gasteiger partial charge < -0.3 is 9.64 Å². The number of hydrogen-bond acceptors (Lipinski definition) is 4. The van der Waals surface area contributed by atoms with Crippen molar-refractivity contribution in [1.82, 2.24) is 9.45 Å². The summed E-state index contributed by atoms with van der Waals surface area (Å²) >= 11 is 0. The number of benzene rings is 2. The molecule has 2 aromatic carbocycles. The zero-order valence-electron chi connectivity index (χ0n) is 20.2. The second-order valence-electron chi connectivity index (χ2n) is 8.67. The molecular weight excluding hydrogens is 417 g/mol. The Balaban J connectivity index is 2.02. The summed E-state index contributed by atoms with van der Waals surface area (Å²) in [6, 6.07) is 16.7. The van der Waals surface area contributed by atoms with E-state index >= 15 is 0 Å². The van der Waals surface area contributed by atoms with Gasteiger partial charge in [0.15, 0.2) is 7.36 Å². The Kier molecular flexibility index (Phi) is 5.95. The van der Waals surface area contributed by atoms with Crippen molar-refractivity contribution in [2.45, 2.75) is 33.1 Å². The highest BCUT2D eigenvalue weighted by Gasteiger charge is 2.47. The normalized spacial score (nSPS) is 23.8. The molecule has 0 bridgehead atoms. The quantitative estimate of drug-likeness (QED) is 0.503. The number of allylic oxidation sites excluding steroid dienone is 2. The summed E-state index contributed by atoms with van der Waals surface area (Å²) in [6.07, 6.45) is 2.05. The Labute approximate surface area is 192 Å². The summed E-state index contributed by atoms with van der Waals surface area (Å²) in [7, 11) is 3.60. The number of nitrogens with zero attached hydrogens (tertiary/aromatic N) is 5. The number of fused-ring (bicyclic) bond motifs is 1. The molecule has 0 saturated heterocycles. The fourth-order valence-electron chi connectivity index (χ4n) is 5.05. The highest BCUT2D eigenvalue weighted by molar-refractivity contribution is 7.67. The average Bonchev–Trinajstić information content (AvgIpc) is 3.21. The van der Waals surface area contributed by atoms with Gasteiger partial charge in [-0.1, -0.05) is 45.9 Å². The van der Waals surface area contributed by atoms with E-state index in [1.54, 1.807) is 7.11 Å². The minimum Gasteiger partial charge on any atom is -0.497 e. The first-order chi connectivity index (χ1) is 15.3. The minimum absolute atomic E-state index is 0.147. The van der Waals surface area contributed by atoms with E-state index in [0.717, 1.165) is 24.5 Å². The van der Waals surface area contributed by atoms with Gasteiger partial charge in [0.1, 0.15) is 5.75 Å². The number of methoxy groups -OCH3 is 1. The maximum absolute atomic E-state index is 5.47. The third kappa shape index (κ3) is 3.28. The molecule has 0 aliphatic carbocycles. The number of ether oxygens (including phenoxy) is 1. The molecule has 2 heterocycles. The van der Waals surface area contributed by atoms with Gasteiger partial charge in [0.05, 0.1) is 24.3 Å². The maximum Gasteiger partial charge on any atom is 0.174 e. The van der Waals surface area contributed by atoms with Crippen LogP contribution in [0.15, 0.2) is 69.4 Å². The third-order valence-corrected chi connectivity index (χ3v) is 10.4. The van der Waals surface area contributed by atoms with Gasteiger partial charge in [-0.25, -0.2) is 14.2 Å². The number of hydrogen-bond donors (Lipinski definition) is 0. The first-order valence-electron chi connectivity index (χ1n) is 11.2.